The van der Waals surface area contributed by atoms with E-state index in [1.807, 2.05) is 0 Å². The summed E-state index contributed by atoms with van der Waals surface area (Å²) in [4.78, 5) is 0. The van der Waals surface area contributed by atoms with Gasteiger partial charge in [0.2, 0.25) is 0 Å². The van der Waals surface area contributed by atoms with Crippen molar-refractivity contribution in [3.8, 4) is 0 Å². The minimum atomic E-state index is 0.483. The Hall–Kier alpha value is -0.860. The van der Waals surface area contributed by atoms with E-state index in [4.69, 9.17) is 0 Å². The molecule has 2 aromatic rings. The smallest absolute Gasteiger partial charge is 0.0328 e. The average molecular weight is 346 g/mol. The zero-order valence-electron chi connectivity index (χ0n) is 12.7. The lowest BCUT2D eigenvalue weighted by molar-refractivity contribution is 0.402. The number of fused-ring (bicyclic) bond motifs is 1. The lowest BCUT2D eigenvalue weighted by Gasteiger charge is -2.23. The zero-order chi connectivity index (χ0) is 14.7. The van der Waals surface area contributed by atoms with Crippen molar-refractivity contribution >= 4 is 26.7 Å². The molecule has 1 atom stereocenters. The maximum Gasteiger partial charge on any atom is 0.0328 e. The highest BCUT2D eigenvalue weighted by atomic mass is 79.9. The Morgan fingerprint density at radius 2 is 1.81 bits per heavy atom. The standard InChI is InChI=1S/C19H24BrN/c1-2-21-19(13-14-7-3-4-8-14)17-11-12-18(20)16-10-6-5-9-15(16)17/h5-6,9-12,14,19,21H,2-4,7-8,13H2,1H3. The predicted octanol–water partition coefficient (Wildman–Crippen LogP) is 5.83. The lowest BCUT2D eigenvalue weighted by Crippen LogP contribution is -2.23. The van der Waals surface area contributed by atoms with E-state index in [2.05, 4.69) is 64.6 Å². The second kappa shape index (κ2) is 6.93. The molecule has 1 saturated carbocycles. The summed E-state index contributed by atoms with van der Waals surface area (Å²) in [7, 11) is 0. The minimum absolute atomic E-state index is 0.483. The zero-order valence-corrected chi connectivity index (χ0v) is 14.3. The molecule has 0 spiro atoms. The SMILES string of the molecule is CCNC(CC1CCCC1)c1ccc(Br)c2ccccc12. The van der Waals surface area contributed by atoms with E-state index in [1.165, 1.54) is 52.9 Å². The van der Waals surface area contributed by atoms with Gasteiger partial charge in [0.15, 0.2) is 0 Å². The Kier molecular flexibility index (Phi) is 4.97. The molecule has 21 heavy (non-hydrogen) atoms. The Bertz CT molecular complexity index is 602. The molecule has 3 rings (SSSR count). The van der Waals surface area contributed by atoms with Crippen LogP contribution in [0.2, 0.25) is 0 Å². The quantitative estimate of drug-likeness (QED) is 0.718. The van der Waals surface area contributed by atoms with Gasteiger partial charge in [-0.2, -0.15) is 0 Å². The van der Waals surface area contributed by atoms with Crippen molar-refractivity contribution in [2.24, 2.45) is 5.92 Å². The first kappa shape index (κ1) is 15.1. The number of benzene rings is 2. The monoisotopic (exact) mass is 345 g/mol. The molecule has 1 aliphatic rings. The van der Waals surface area contributed by atoms with Crippen LogP contribution in [-0.4, -0.2) is 6.54 Å². The third-order valence-electron chi connectivity index (χ3n) is 4.77. The number of halogens is 1. The molecule has 1 N–H and O–H groups in total. The van der Waals surface area contributed by atoms with Gasteiger partial charge >= 0.3 is 0 Å². The molecule has 2 heteroatoms. The number of hydrogen-bond donors (Lipinski definition) is 1. The van der Waals surface area contributed by atoms with E-state index in [1.54, 1.807) is 0 Å². The molecule has 1 unspecified atom stereocenters. The average Bonchev–Trinajstić information content (AvgIpc) is 3.01. The van der Waals surface area contributed by atoms with Crippen LogP contribution in [0, 0.1) is 5.92 Å². The van der Waals surface area contributed by atoms with Gasteiger partial charge in [0.25, 0.3) is 0 Å². The maximum absolute atomic E-state index is 3.72. The van der Waals surface area contributed by atoms with Gasteiger partial charge in [-0.3, -0.25) is 0 Å². The maximum atomic E-state index is 3.72. The summed E-state index contributed by atoms with van der Waals surface area (Å²) in [6.07, 6.45) is 6.95. The molecule has 0 aliphatic heterocycles. The largest absolute Gasteiger partial charge is 0.310 e. The molecule has 0 bridgehead atoms. The van der Waals surface area contributed by atoms with Crippen LogP contribution in [0.3, 0.4) is 0 Å². The van der Waals surface area contributed by atoms with Crippen molar-refractivity contribution in [1.82, 2.24) is 5.32 Å². The molecule has 1 nitrogen and oxygen atoms in total. The number of nitrogens with one attached hydrogen (secondary N) is 1. The Balaban J connectivity index is 1.96. The molecular formula is C19H24BrN. The van der Waals surface area contributed by atoms with Crippen LogP contribution in [0.1, 0.15) is 50.6 Å². The fraction of sp³-hybridized carbons (Fsp3) is 0.474. The highest BCUT2D eigenvalue weighted by molar-refractivity contribution is 9.10. The third-order valence-corrected chi connectivity index (χ3v) is 5.47. The summed E-state index contributed by atoms with van der Waals surface area (Å²) in [5.74, 6) is 0.899. The molecule has 112 valence electrons. The predicted molar refractivity (Wildman–Crippen MR) is 94.6 cm³/mol. The molecule has 0 heterocycles. The number of rotatable bonds is 5. The van der Waals surface area contributed by atoms with Crippen molar-refractivity contribution < 1.29 is 0 Å². The third kappa shape index (κ3) is 3.32. The Labute approximate surface area is 136 Å². The highest BCUT2D eigenvalue weighted by Gasteiger charge is 2.22. The summed E-state index contributed by atoms with van der Waals surface area (Å²) < 4.78 is 1.19. The van der Waals surface area contributed by atoms with Crippen molar-refractivity contribution in [2.45, 2.75) is 45.1 Å². The highest BCUT2D eigenvalue weighted by Crippen LogP contribution is 2.36. The number of hydrogen-bond acceptors (Lipinski definition) is 1. The van der Waals surface area contributed by atoms with Gasteiger partial charge in [0.05, 0.1) is 0 Å². The Morgan fingerprint density at radius 3 is 2.52 bits per heavy atom. The summed E-state index contributed by atoms with van der Waals surface area (Å²) >= 11 is 3.69. The molecule has 0 amide bonds. The normalized spacial score (nSPS) is 17.4. The van der Waals surface area contributed by atoms with E-state index in [-0.39, 0.29) is 0 Å². The Morgan fingerprint density at radius 1 is 1.10 bits per heavy atom. The van der Waals surface area contributed by atoms with Crippen LogP contribution in [-0.2, 0) is 0 Å². The van der Waals surface area contributed by atoms with Crippen LogP contribution < -0.4 is 5.32 Å². The van der Waals surface area contributed by atoms with E-state index in [9.17, 15) is 0 Å². The first-order valence-corrected chi connectivity index (χ1v) is 8.99. The summed E-state index contributed by atoms with van der Waals surface area (Å²) in [5.41, 5.74) is 1.46. The molecule has 1 fully saturated rings. The first-order valence-electron chi connectivity index (χ1n) is 8.20. The van der Waals surface area contributed by atoms with Crippen LogP contribution in [0.15, 0.2) is 40.9 Å². The van der Waals surface area contributed by atoms with Crippen molar-refractivity contribution in [2.75, 3.05) is 6.54 Å². The molecule has 2 aromatic carbocycles. The summed E-state index contributed by atoms with van der Waals surface area (Å²) in [6, 6.07) is 13.7. The van der Waals surface area contributed by atoms with Gasteiger partial charge in [-0.25, -0.2) is 0 Å². The van der Waals surface area contributed by atoms with Crippen molar-refractivity contribution in [3.05, 3.63) is 46.4 Å². The minimum Gasteiger partial charge on any atom is -0.310 e. The second-order valence-corrected chi connectivity index (χ2v) is 7.03. The lowest BCUT2D eigenvalue weighted by atomic mass is 9.90. The fourth-order valence-electron chi connectivity index (χ4n) is 3.74. The van der Waals surface area contributed by atoms with Crippen LogP contribution in [0.4, 0.5) is 0 Å². The molecule has 1 aliphatic carbocycles. The van der Waals surface area contributed by atoms with Crippen molar-refractivity contribution in [3.63, 3.8) is 0 Å². The molecule has 0 radical (unpaired) electrons. The second-order valence-electron chi connectivity index (χ2n) is 6.18. The van der Waals surface area contributed by atoms with Gasteiger partial charge in [-0.05, 0) is 41.3 Å². The topological polar surface area (TPSA) is 12.0 Å². The first-order chi connectivity index (χ1) is 10.3. The van der Waals surface area contributed by atoms with E-state index >= 15 is 0 Å². The van der Waals surface area contributed by atoms with Gasteiger partial charge in [-0.15, -0.1) is 0 Å². The molecule has 0 aromatic heterocycles. The van der Waals surface area contributed by atoms with E-state index in [0.29, 0.717) is 6.04 Å². The van der Waals surface area contributed by atoms with Crippen LogP contribution >= 0.6 is 15.9 Å². The van der Waals surface area contributed by atoms with Gasteiger partial charge in [0, 0.05) is 10.5 Å². The summed E-state index contributed by atoms with van der Waals surface area (Å²) in [5, 5.41) is 6.43. The summed E-state index contributed by atoms with van der Waals surface area (Å²) in [6.45, 7) is 3.24. The van der Waals surface area contributed by atoms with Gasteiger partial charge in [-0.1, -0.05) is 78.9 Å². The molecule has 0 saturated heterocycles. The van der Waals surface area contributed by atoms with E-state index < -0.39 is 0 Å². The van der Waals surface area contributed by atoms with Crippen molar-refractivity contribution in [1.29, 1.82) is 0 Å². The van der Waals surface area contributed by atoms with Crippen LogP contribution in [0.25, 0.3) is 10.8 Å². The van der Waals surface area contributed by atoms with E-state index in [0.717, 1.165) is 12.5 Å². The van der Waals surface area contributed by atoms with Crippen LogP contribution in [0.5, 0.6) is 0 Å². The molecular weight excluding hydrogens is 322 g/mol. The van der Waals surface area contributed by atoms with Gasteiger partial charge in [0.1, 0.15) is 0 Å². The fourth-order valence-corrected chi connectivity index (χ4v) is 4.21. The van der Waals surface area contributed by atoms with Gasteiger partial charge < -0.3 is 5.32 Å².